The van der Waals surface area contributed by atoms with E-state index in [2.05, 4.69) is 17.2 Å². The van der Waals surface area contributed by atoms with Gasteiger partial charge in [0.25, 0.3) is 5.56 Å². The number of ether oxygens (including phenoxy) is 2. The lowest BCUT2D eigenvalue weighted by molar-refractivity contribution is -0.122. The summed E-state index contributed by atoms with van der Waals surface area (Å²) in [5.41, 5.74) is 1.64. The predicted octanol–water partition coefficient (Wildman–Crippen LogP) is 2.67. The summed E-state index contributed by atoms with van der Waals surface area (Å²) in [5, 5.41) is 3.91. The Balaban J connectivity index is 1.78. The van der Waals surface area contributed by atoms with Crippen molar-refractivity contribution < 1.29 is 14.3 Å². The maximum atomic E-state index is 12.9. The van der Waals surface area contributed by atoms with Crippen molar-refractivity contribution >= 4 is 22.5 Å². The maximum absolute atomic E-state index is 12.9. The molecule has 2 aromatic heterocycles. The molecule has 1 aliphatic rings. The van der Waals surface area contributed by atoms with Crippen molar-refractivity contribution in [3.05, 3.63) is 34.2 Å². The number of hydrogen-bond donors (Lipinski definition) is 1. The second-order valence-electron chi connectivity index (χ2n) is 8.18. The largest absolute Gasteiger partial charge is 0.493 e. The number of amides is 1. The third kappa shape index (κ3) is 3.62. The number of rotatable bonds is 5. The van der Waals surface area contributed by atoms with Crippen molar-refractivity contribution in [2.75, 3.05) is 14.2 Å². The molecule has 0 atom stereocenters. The van der Waals surface area contributed by atoms with E-state index in [9.17, 15) is 9.59 Å². The number of aromatic nitrogens is 3. The smallest absolute Gasteiger partial charge is 0.273 e. The van der Waals surface area contributed by atoms with E-state index in [1.54, 1.807) is 20.3 Å². The van der Waals surface area contributed by atoms with Gasteiger partial charge in [0, 0.05) is 29.3 Å². The SMILES string of the molecule is COc1cc2c(cc1OC)n(CC(=O)NC1CCC(C)CC1)n1c(C)cc(=O)nc21. The molecule has 160 valence electrons. The zero-order valence-corrected chi connectivity index (χ0v) is 17.9. The molecule has 1 fully saturated rings. The molecule has 0 unspecified atom stereocenters. The first-order chi connectivity index (χ1) is 14.4. The second kappa shape index (κ2) is 8.01. The number of methoxy groups -OCH3 is 2. The number of fused-ring (bicyclic) bond motifs is 3. The van der Waals surface area contributed by atoms with Gasteiger partial charge in [-0.05, 0) is 44.6 Å². The van der Waals surface area contributed by atoms with E-state index >= 15 is 0 Å². The third-order valence-corrected chi connectivity index (χ3v) is 6.02. The average Bonchev–Trinajstić information content (AvgIpc) is 3.01. The number of nitrogens with one attached hydrogen (secondary N) is 1. The minimum atomic E-state index is -0.317. The number of benzene rings is 1. The molecule has 30 heavy (non-hydrogen) atoms. The van der Waals surface area contributed by atoms with Crippen LogP contribution in [0.4, 0.5) is 0 Å². The van der Waals surface area contributed by atoms with Crippen molar-refractivity contribution in [1.29, 1.82) is 0 Å². The molecule has 1 aliphatic carbocycles. The van der Waals surface area contributed by atoms with Crippen molar-refractivity contribution in [2.45, 2.75) is 52.1 Å². The van der Waals surface area contributed by atoms with Gasteiger partial charge in [0.1, 0.15) is 6.54 Å². The molecule has 3 aromatic rings. The van der Waals surface area contributed by atoms with Crippen molar-refractivity contribution in [3.63, 3.8) is 0 Å². The Labute approximate surface area is 174 Å². The Morgan fingerprint density at radius 2 is 1.80 bits per heavy atom. The molecule has 0 saturated heterocycles. The van der Waals surface area contributed by atoms with Crippen LogP contribution in [0, 0.1) is 12.8 Å². The van der Waals surface area contributed by atoms with E-state index in [0.29, 0.717) is 22.8 Å². The number of aryl methyl sites for hydroxylation is 1. The molecule has 8 heteroatoms. The van der Waals surface area contributed by atoms with E-state index in [-0.39, 0.29) is 24.1 Å². The van der Waals surface area contributed by atoms with E-state index < -0.39 is 0 Å². The molecule has 0 aliphatic heterocycles. The summed E-state index contributed by atoms with van der Waals surface area (Å²) in [5.74, 6) is 1.77. The van der Waals surface area contributed by atoms with Gasteiger partial charge in [0.05, 0.1) is 19.7 Å². The summed E-state index contributed by atoms with van der Waals surface area (Å²) in [6.45, 7) is 4.21. The summed E-state index contributed by atoms with van der Waals surface area (Å²) < 4.78 is 14.5. The first-order valence-corrected chi connectivity index (χ1v) is 10.4. The molecule has 2 heterocycles. The zero-order chi connectivity index (χ0) is 21.4. The van der Waals surface area contributed by atoms with Crippen LogP contribution in [0.25, 0.3) is 16.6 Å². The van der Waals surface area contributed by atoms with E-state index in [0.717, 1.165) is 42.5 Å². The van der Waals surface area contributed by atoms with Gasteiger partial charge < -0.3 is 14.8 Å². The number of carbonyl (C=O) groups excluding carboxylic acids is 1. The summed E-state index contributed by atoms with van der Waals surface area (Å²) in [7, 11) is 3.13. The molecular formula is C22H28N4O4. The van der Waals surface area contributed by atoms with Crippen LogP contribution in [0.5, 0.6) is 11.5 Å². The Bertz CT molecular complexity index is 1160. The molecule has 0 radical (unpaired) electrons. The van der Waals surface area contributed by atoms with Crippen LogP contribution in [0.2, 0.25) is 0 Å². The Morgan fingerprint density at radius 1 is 1.13 bits per heavy atom. The lowest BCUT2D eigenvalue weighted by Gasteiger charge is -2.27. The van der Waals surface area contributed by atoms with Gasteiger partial charge in [0.2, 0.25) is 5.91 Å². The lowest BCUT2D eigenvalue weighted by Crippen LogP contribution is -2.39. The lowest BCUT2D eigenvalue weighted by atomic mass is 9.87. The highest BCUT2D eigenvalue weighted by atomic mass is 16.5. The van der Waals surface area contributed by atoms with Gasteiger partial charge in [-0.2, -0.15) is 4.98 Å². The fraction of sp³-hybridized carbons (Fsp3) is 0.500. The van der Waals surface area contributed by atoms with Gasteiger partial charge in [-0.25, -0.2) is 4.52 Å². The van der Waals surface area contributed by atoms with Crippen molar-refractivity contribution in [2.24, 2.45) is 5.92 Å². The van der Waals surface area contributed by atoms with Crippen LogP contribution < -0.4 is 20.3 Å². The second-order valence-corrected chi connectivity index (χ2v) is 8.18. The highest BCUT2D eigenvalue weighted by Gasteiger charge is 2.22. The summed E-state index contributed by atoms with van der Waals surface area (Å²) >= 11 is 0. The molecular weight excluding hydrogens is 384 g/mol. The quantitative estimate of drug-likeness (QED) is 0.696. The monoisotopic (exact) mass is 412 g/mol. The molecule has 0 bridgehead atoms. The zero-order valence-electron chi connectivity index (χ0n) is 17.9. The highest BCUT2D eigenvalue weighted by Crippen LogP contribution is 2.34. The van der Waals surface area contributed by atoms with Gasteiger partial charge in [-0.1, -0.05) is 6.92 Å². The molecule has 1 N–H and O–H groups in total. The first kappa shape index (κ1) is 20.3. The van der Waals surface area contributed by atoms with Crippen LogP contribution in [0.1, 0.15) is 38.3 Å². The fourth-order valence-electron chi connectivity index (χ4n) is 4.41. The summed E-state index contributed by atoms with van der Waals surface area (Å²) in [4.78, 5) is 29.2. The molecule has 1 aromatic carbocycles. The minimum Gasteiger partial charge on any atom is -0.493 e. The highest BCUT2D eigenvalue weighted by molar-refractivity contribution is 5.96. The third-order valence-electron chi connectivity index (χ3n) is 6.02. The number of hydrogen-bond acceptors (Lipinski definition) is 5. The van der Waals surface area contributed by atoms with E-state index in [1.807, 2.05) is 22.2 Å². The molecule has 1 amide bonds. The maximum Gasteiger partial charge on any atom is 0.273 e. The van der Waals surface area contributed by atoms with Gasteiger partial charge in [-0.3, -0.25) is 14.3 Å². The van der Waals surface area contributed by atoms with E-state index in [1.165, 1.54) is 6.07 Å². The number of carbonyl (C=O) groups is 1. The van der Waals surface area contributed by atoms with Crippen molar-refractivity contribution in [3.8, 4) is 11.5 Å². The molecule has 4 rings (SSSR count). The normalized spacial score (nSPS) is 19.2. The van der Waals surface area contributed by atoms with Crippen LogP contribution >= 0.6 is 0 Å². The molecule has 1 saturated carbocycles. The Hall–Kier alpha value is -3.03. The predicted molar refractivity (Wildman–Crippen MR) is 114 cm³/mol. The first-order valence-electron chi connectivity index (χ1n) is 10.4. The standard InChI is InChI=1S/C22H28N4O4/c1-13-5-7-15(8-6-13)23-21(28)12-25-17-11-19(30-4)18(29-3)10-16(17)22-24-20(27)9-14(2)26(22)25/h9-11,13,15H,5-8,12H2,1-4H3,(H,23,28). The van der Waals surface area contributed by atoms with Crippen LogP contribution in [0.3, 0.4) is 0 Å². The average molecular weight is 412 g/mol. The molecule has 8 nitrogen and oxygen atoms in total. The van der Waals surface area contributed by atoms with Gasteiger partial charge in [0.15, 0.2) is 17.1 Å². The number of nitrogens with zero attached hydrogens (tertiary/aromatic N) is 3. The molecule has 0 spiro atoms. The van der Waals surface area contributed by atoms with E-state index in [4.69, 9.17) is 9.47 Å². The summed E-state index contributed by atoms with van der Waals surface area (Å²) in [6, 6.07) is 5.31. The summed E-state index contributed by atoms with van der Waals surface area (Å²) in [6.07, 6.45) is 4.31. The Morgan fingerprint density at radius 3 is 2.47 bits per heavy atom. The van der Waals surface area contributed by atoms with Crippen molar-refractivity contribution in [1.82, 2.24) is 19.5 Å². The van der Waals surface area contributed by atoms with Gasteiger partial charge in [-0.15, -0.1) is 0 Å². The van der Waals surface area contributed by atoms with Crippen LogP contribution in [-0.2, 0) is 11.3 Å². The minimum absolute atomic E-state index is 0.0544. The topological polar surface area (TPSA) is 86.9 Å². The van der Waals surface area contributed by atoms with Gasteiger partial charge >= 0.3 is 0 Å². The fourth-order valence-corrected chi connectivity index (χ4v) is 4.41. The van der Waals surface area contributed by atoms with Crippen LogP contribution in [-0.4, -0.2) is 40.3 Å². The van der Waals surface area contributed by atoms with Crippen LogP contribution in [0.15, 0.2) is 23.0 Å². The Kier molecular flexibility index (Phi) is 5.40.